The Bertz CT molecular complexity index is 326. The van der Waals surface area contributed by atoms with E-state index < -0.39 is 5.79 Å². The molecule has 2 aliphatic rings. The first kappa shape index (κ1) is 15.7. The summed E-state index contributed by atoms with van der Waals surface area (Å²) in [4.78, 5) is 14.3. The highest BCUT2D eigenvalue weighted by atomic mass is 16.7. The Morgan fingerprint density at radius 2 is 2.05 bits per heavy atom. The molecule has 0 aromatic heterocycles. The van der Waals surface area contributed by atoms with Gasteiger partial charge in [-0.2, -0.15) is 0 Å². The quantitative estimate of drug-likeness (QED) is 0.721. The lowest BCUT2D eigenvalue weighted by atomic mass is 10.1. The van der Waals surface area contributed by atoms with Crippen molar-refractivity contribution in [1.82, 2.24) is 4.90 Å². The molecule has 2 aliphatic heterocycles. The van der Waals surface area contributed by atoms with E-state index in [1.54, 1.807) is 0 Å². The van der Waals surface area contributed by atoms with Crippen molar-refractivity contribution < 1.29 is 19.0 Å². The lowest BCUT2D eigenvalue weighted by molar-refractivity contribution is -0.161. The second-order valence-corrected chi connectivity index (χ2v) is 6.34. The largest absolute Gasteiger partial charge is 0.463 e. The van der Waals surface area contributed by atoms with Crippen molar-refractivity contribution in [3.05, 3.63) is 0 Å². The lowest BCUT2D eigenvalue weighted by Crippen LogP contribution is -2.37. The molecule has 0 spiro atoms. The Labute approximate surface area is 121 Å². The van der Waals surface area contributed by atoms with E-state index in [2.05, 4.69) is 4.90 Å². The van der Waals surface area contributed by atoms with Crippen LogP contribution in [0.4, 0.5) is 0 Å². The zero-order valence-electron chi connectivity index (χ0n) is 12.9. The highest BCUT2D eigenvalue weighted by Crippen LogP contribution is 2.22. The predicted octanol–water partition coefficient (Wildman–Crippen LogP) is 1.80. The normalized spacial score (nSPS) is 28.2. The summed E-state index contributed by atoms with van der Waals surface area (Å²) in [5.41, 5.74) is 0. The molecule has 20 heavy (non-hydrogen) atoms. The minimum absolute atomic E-state index is 0.0802. The Morgan fingerprint density at radius 3 is 2.65 bits per heavy atom. The van der Waals surface area contributed by atoms with Crippen LogP contribution in [-0.2, 0) is 19.0 Å². The Balaban J connectivity index is 1.66. The molecule has 0 aromatic carbocycles. The summed E-state index contributed by atoms with van der Waals surface area (Å²) in [5.74, 6) is -0.774. The van der Waals surface area contributed by atoms with Gasteiger partial charge in [0, 0.05) is 6.54 Å². The third kappa shape index (κ3) is 4.72. The number of hydrogen-bond acceptors (Lipinski definition) is 5. The maximum Gasteiger partial charge on any atom is 0.310 e. The first-order valence-electron chi connectivity index (χ1n) is 7.67. The van der Waals surface area contributed by atoms with Gasteiger partial charge in [0.25, 0.3) is 0 Å². The van der Waals surface area contributed by atoms with Crippen molar-refractivity contribution in [1.29, 1.82) is 0 Å². The topological polar surface area (TPSA) is 48.0 Å². The van der Waals surface area contributed by atoms with Crippen LogP contribution in [0, 0.1) is 5.92 Å². The average Bonchev–Trinajstić information content (AvgIpc) is 2.76. The van der Waals surface area contributed by atoms with Gasteiger partial charge in [0.1, 0.15) is 12.7 Å². The zero-order chi connectivity index (χ0) is 14.6. The van der Waals surface area contributed by atoms with Gasteiger partial charge >= 0.3 is 5.97 Å². The van der Waals surface area contributed by atoms with E-state index in [1.165, 1.54) is 19.3 Å². The molecule has 0 amide bonds. The van der Waals surface area contributed by atoms with Crippen molar-refractivity contribution in [2.75, 3.05) is 32.8 Å². The molecule has 116 valence electrons. The summed E-state index contributed by atoms with van der Waals surface area (Å²) in [6, 6.07) is 0. The molecule has 5 nitrogen and oxygen atoms in total. The first-order valence-corrected chi connectivity index (χ1v) is 7.67. The number of likely N-dealkylation sites (tertiary alicyclic amines) is 1. The third-order valence-electron chi connectivity index (χ3n) is 3.86. The van der Waals surface area contributed by atoms with Gasteiger partial charge in [-0.1, -0.05) is 13.3 Å². The zero-order valence-corrected chi connectivity index (χ0v) is 12.9. The number of carbonyl (C=O) groups is 1. The Kier molecular flexibility index (Phi) is 5.41. The number of ether oxygens (including phenoxy) is 3. The molecule has 0 aromatic rings. The van der Waals surface area contributed by atoms with Crippen molar-refractivity contribution in [2.45, 2.75) is 51.9 Å². The molecule has 2 atom stereocenters. The van der Waals surface area contributed by atoms with Crippen LogP contribution in [0.1, 0.15) is 40.0 Å². The summed E-state index contributed by atoms with van der Waals surface area (Å²) in [6.07, 6.45) is 3.65. The summed E-state index contributed by atoms with van der Waals surface area (Å²) in [7, 11) is 0. The predicted molar refractivity (Wildman–Crippen MR) is 75.3 cm³/mol. The molecule has 0 N–H and O–H groups in total. The molecule has 2 saturated heterocycles. The fourth-order valence-corrected chi connectivity index (χ4v) is 2.77. The number of hydrogen-bond donors (Lipinski definition) is 0. The molecule has 0 saturated carbocycles. The fourth-order valence-electron chi connectivity index (χ4n) is 2.77. The van der Waals surface area contributed by atoms with Gasteiger partial charge in [0.05, 0.1) is 12.5 Å². The monoisotopic (exact) mass is 285 g/mol. The second-order valence-electron chi connectivity index (χ2n) is 6.34. The minimum Gasteiger partial charge on any atom is -0.463 e. The van der Waals surface area contributed by atoms with E-state index >= 15 is 0 Å². The van der Waals surface area contributed by atoms with E-state index in [1.807, 2.05) is 20.8 Å². The van der Waals surface area contributed by atoms with Crippen molar-refractivity contribution >= 4 is 5.97 Å². The van der Waals surface area contributed by atoms with Gasteiger partial charge in [-0.05, 0) is 39.8 Å². The number of rotatable bonds is 5. The lowest BCUT2D eigenvalue weighted by Gasteiger charge is -2.28. The summed E-state index contributed by atoms with van der Waals surface area (Å²) in [6.45, 7) is 9.45. The van der Waals surface area contributed by atoms with Crippen LogP contribution in [0.5, 0.6) is 0 Å². The van der Waals surface area contributed by atoms with Gasteiger partial charge in [0.15, 0.2) is 5.79 Å². The highest BCUT2D eigenvalue weighted by molar-refractivity contribution is 5.72. The summed E-state index contributed by atoms with van der Waals surface area (Å²) >= 11 is 0. The smallest absolute Gasteiger partial charge is 0.310 e. The second kappa shape index (κ2) is 6.87. The molecule has 2 unspecified atom stereocenters. The van der Waals surface area contributed by atoms with Crippen LogP contribution < -0.4 is 0 Å². The standard InChI is InChI=1S/C15H27NO4/c1-12(9-16-7-5-4-6-8-16)14(17)18-10-13-11-19-15(2,3)20-13/h12-13H,4-11H2,1-3H3. The van der Waals surface area contributed by atoms with Gasteiger partial charge in [0.2, 0.25) is 0 Å². The molecule has 2 fully saturated rings. The summed E-state index contributed by atoms with van der Waals surface area (Å²) < 4.78 is 16.4. The van der Waals surface area contributed by atoms with E-state index in [0.29, 0.717) is 6.61 Å². The van der Waals surface area contributed by atoms with E-state index in [-0.39, 0.29) is 24.6 Å². The van der Waals surface area contributed by atoms with Crippen LogP contribution >= 0.6 is 0 Å². The summed E-state index contributed by atoms with van der Waals surface area (Å²) in [5, 5.41) is 0. The fraction of sp³-hybridized carbons (Fsp3) is 0.933. The van der Waals surface area contributed by atoms with Gasteiger partial charge < -0.3 is 19.1 Å². The van der Waals surface area contributed by atoms with Gasteiger partial charge in [-0.25, -0.2) is 0 Å². The molecule has 5 heteroatoms. The van der Waals surface area contributed by atoms with Crippen molar-refractivity contribution in [3.8, 4) is 0 Å². The molecular formula is C15H27NO4. The number of nitrogens with zero attached hydrogens (tertiary/aromatic N) is 1. The Hall–Kier alpha value is -0.650. The third-order valence-corrected chi connectivity index (χ3v) is 3.86. The van der Waals surface area contributed by atoms with Gasteiger partial charge in [-0.3, -0.25) is 4.79 Å². The Morgan fingerprint density at radius 1 is 1.35 bits per heavy atom. The molecule has 2 rings (SSSR count). The van der Waals surface area contributed by atoms with Crippen molar-refractivity contribution in [3.63, 3.8) is 0 Å². The van der Waals surface area contributed by atoms with Crippen LogP contribution in [0.2, 0.25) is 0 Å². The molecule has 0 bridgehead atoms. The van der Waals surface area contributed by atoms with Crippen LogP contribution in [0.25, 0.3) is 0 Å². The van der Waals surface area contributed by atoms with Gasteiger partial charge in [-0.15, -0.1) is 0 Å². The number of esters is 1. The highest BCUT2D eigenvalue weighted by Gasteiger charge is 2.33. The van der Waals surface area contributed by atoms with E-state index in [9.17, 15) is 4.79 Å². The number of carbonyl (C=O) groups excluding carboxylic acids is 1. The number of piperidine rings is 1. The SMILES string of the molecule is CC(CN1CCCCC1)C(=O)OCC1COC(C)(C)O1. The average molecular weight is 285 g/mol. The molecule has 0 radical (unpaired) electrons. The van der Waals surface area contributed by atoms with E-state index in [0.717, 1.165) is 19.6 Å². The van der Waals surface area contributed by atoms with E-state index in [4.69, 9.17) is 14.2 Å². The van der Waals surface area contributed by atoms with Crippen LogP contribution in [-0.4, -0.2) is 55.6 Å². The van der Waals surface area contributed by atoms with Crippen molar-refractivity contribution in [2.24, 2.45) is 5.92 Å². The maximum absolute atomic E-state index is 12.0. The molecule has 0 aliphatic carbocycles. The molecule has 2 heterocycles. The first-order chi connectivity index (χ1) is 9.46. The minimum atomic E-state index is -0.559. The van der Waals surface area contributed by atoms with Crippen LogP contribution in [0.15, 0.2) is 0 Å². The maximum atomic E-state index is 12.0. The van der Waals surface area contributed by atoms with Crippen LogP contribution in [0.3, 0.4) is 0 Å². The molecular weight excluding hydrogens is 258 g/mol.